The molecule has 1 rings (SSSR count). The van der Waals surface area contributed by atoms with Crippen LogP contribution in [0.5, 0.6) is 5.75 Å². The molecule has 0 radical (unpaired) electrons. The Morgan fingerprint density at radius 2 is 1.95 bits per heavy atom. The van der Waals surface area contributed by atoms with E-state index in [1.165, 1.54) is 5.56 Å². The van der Waals surface area contributed by atoms with E-state index in [0.29, 0.717) is 11.8 Å². The highest BCUT2D eigenvalue weighted by molar-refractivity contribution is 5.78. The second-order valence-corrected chi connectivity index (χ2v) is 4.87. The molecule has 0 spiro atoms. The summed E-state index contributed by atoms with van der Waals surface area (Å²) in [5.41, 5.74) is 6.40. The summed E-state index contributed by atoms with van der Waals surface area (Å²) in [4.78, 5) is 10.9. The molecule has 3 N–H and O–H groups in total. The van der Waals surface area contributed by atoms with Gasteiger partial charge in [0.2, 0.25) is 0 Å². The molecule has 4 heteroatoms. The van der Waals surface area contributed by atoms with Gasteiger partial charge in [-0.05, 0) is 50.9 Å². The van der Waals surface area contributed by atoms with E-state index < -0.39 is 12.0 Å². The fourth-order valence-electron chi connectivity index (χ4n) is 1.78. The Bertz CT molecular complexity index is 390. The van der Waals surface area contributed by atoms with Crippen molar-refractivity contribution in [3.63, 3.8) is 0 Å². The van der Waals surface area contributed by atoms with Gasteiger partial charge in [-0.15, -0.1) is 0 Å². The Kier molecular flexibility index (Phi) is 6.36. The maximum Gasteiger partial charge on any atom is 0.258 e. The van der Waals surface area contributed by atoms with Gasteiger partial charge < -0.3 is 15.8 Å². The van der Waals surface area contributed by atoms with Gasteiger partial charge in [0.15, 0.2) is 6.10 Å². The Hall–Kier alpha value is -1.55. The van der Waals surface area contributed by atoms with E-state index in [1.807, 2.05) is 24.3 Å². The average Bonchev–Trinajstić information content (AvgIpc) is 2.38. The van der Waals surface area contributed by atoms with Crippen molar-refractivity contribution >= 4 is 5.91 Å². The largest absolute Gasteiger partial charge is 0.481 e. The molecule has 0 saturated carbocycles. The quantitative estimate of drug-likeness (QED) is 0.753. The van der Waals surface area contributed by atoms with Crippen LogP contribution < -0.4 is 15.8 Å². The van der Waals surface area contributed by atoms with E-state index in [2.05, 4.69) is 19.2 Å². The molecule has 106 valence electrons. The highest BCUT2D eigenvalue weighted by Gasteiger charge is 2.10. The fraction of sp³-hybridized carbons (Fsp3) is 0.533. The Balaban J connectivity index is 2.49. The molecule has 2 unspecified atom stereocenters. The molecule has 0 fully saturated rings. The lowest BCUT2D eigenvalue weighted by atomic mass is 10.1. The first-order valence-corrected chi connectivity index (χ1v) is 6.81. The summed E-state index contributed by atoms with van der Waals surface area (Å²) < 4.78 is 5.41. The van der Waals surface area contributed by atoms with Crippen LogP contribution in [0.2, 0.25) is 0 Å². The molecule has 19 heavy (non-hydrogen) atoms. The summed E-state index contributed by atoms with van der Waals surface area (Å²) in [5, 5.41) is 3.45. The maximum absolute atomic E-state index is 10.9. The minimum Gasteiger partial charge on any atom is -0.481 e. The molecule has 0 heterocycles. The summed E-state index contributed by atoms with van der Waals surface area (Å²) in [5.74, 6) is 0.214. The van der Waals surface area contributed by atoms with Gasteiger partial charge in [-0.25, -0.2) is 0 Å². The molecule has 2 atom stereocenters. The number of carbonyl (C=O) groups is 1. The first-order valence-electron chi connectivity index (χ1n) is 6.81. The minimum absolute atomic E-state index is 0.455. The molecule has 0 saturated heterocycles. The van der Waals surface area contributed by atoms with E-state index in [1.54, 1.807) is 6.92 Å². The normalized spacial score (nSPS) is 13.8. The number of hydrogen-bond acceptors (Lipinski definition) is 3. The molecule has 0 aliphatic carbocycles. The Morgan fingerprint density at radius 1 is 1.32 bits per heavy atom. The highest BCUT2D eigenvalue weighted by atomic mass is 16.5. The van der Waals surface area contributed by atoms with Gasteiger partial charge >= 0.3 is 0 Å². The molecule has 1 aromatic rings. The van der Waals surface area contributed by atoms with Gasteiger partial charge in [0.1, 0.15) is 5.75 Å². The third-order valence-corrected chi connectivity index (χ3v) is 2.92. The lowest BCUT2D eigenvalue weighted by Crippen LogP contribution is -2.30. The smallest absolute Gasteiger partial charge is 0.258 e. The summed E-state index contributed by atoms with van der Waals surface area (Å²) in [6.07, 6.45) is 1.52. The second kappa shape index (κ2) is 7.79. The molecule has 1 aromatic carbocycles. The van der Waals surface area contributed by atoms with Crippen molar-refractivity contribution in [2.45, 2.75) is 45.8 Å². The predicted molar refractivity (Wildman–Crippen MR) is 77.2 cm³/mol. The zero-order valence-electron chi connectivity index (χ0n) is 12.0. The van der Waals surface area contributed by atoms with E-state index in [9.17, 15) is 4.79 Å². The topological polar surface area (TPSA) is 64.3 Å². The van der Waals surface area contributed by atoms with Crippen LogP contribution in [-0.2, 0) is 11.2 Å². The van der Waals surface area contributed by atoms with Crippen molar-refractivity contribution in [3.05, 3.63) is 29.8 Å². The highest BCUT2D eigenvalue weighted by Crippen LogP contribution is 2.15. The van der Waals surface area contributed by atoms with Crippen molar-refractivity contribution in [2.75, 3.05) is 6.54 Å². The number of ether oxygens (including phenoxy) is 1. The number of benzene rings is 1. The first kappa shape index (κ1) is 15.5. The van der Waals surface area contributed by atoms with Gasteiger partial charge in [0.05, 0.1) is 0 Å². The van der Waals surface area contributed by atoms with E-state index >= 15 is 0 Å². The Labute approximate surface area is 115 Å². The summed E-state index contributed by atoms with van der Waals surface area (Å²) in [6.45, 7) is 7.02. The van der Waals surface area contributed by atoms with Crippen LogP contribution in [-0.4, -0.2) is 24.6 Å². The molecule has 0 aliphatic heterocycles. The SMILES string of the molecule is CCCNC(C)Cc1ccc(OC(C)C(N)=O)cc1. The monoisotopic (exact) mass is 264 g/mol. The van der Waals surface area contributed by atoms with Gasteiger partial charge in [-0.2, -0.15) is 0 Å². The van der Waals surface area contributed by atoms with Crippen LogP contribution in [0.3, 0.4) is 0 Å². The van der Waals surface area contributed by atoms with Crippen LogP contribution in [0.1, 0.15) is 32.8 Å². The minimum atomic E-state index is -0.601. The number of hydrogen-bond donors (Lipinski definition) is 2. The van der Waals surface area contributed by atoms with Crippen molar-refractivity contribution in [1.29, 1.82) is 0 Å². The van der Waals surface area contributed by atoms with Crippen molar-refractivity contribution in [3.8, 4) is 5.75 Å². The van der Waals surface area contributed by atoms with Gasteiger partial charge in [-0.3, -0.25) is 4.79 Å². The van der Waals surface area contributed by atoms with Crippen molar-refractivity contribution in [1.82, 2.24) is 5.32 Å². The molecular weight excluding hydrogens is 240 g/mol. The zero-order valence-corrected chi connectivity index (χ0v) is 12.0. The number of rotatable bonds is 8. The molecular formula is C15H24N2O2. The standard InChI is InChI=1S/C15H24N2O2/c1-4-9-17-11(2)10-13-5-7-14(8-6-13)19-12(3)15(16)18/h5-8,11-12,17H,4,9-10H2,1-3H3,(H2,16,18). The predicted octanol–water partition coefficient (Wildman–Crippen LogP) is 1.87. The molecule has 0 aromatic heterocycles. The van der Waals surface area contributed by atoms with Crippen LogP contribution >= 0.6 is 0 Å². The number of amides is 1. The van der Waals surface area contributed by atoms with E-state index in [0.717, 1.165) is 19.4 Å². The molecule has 4 nitrogen and oxygen atoms in total. The number of nitrogens with two attached hydrogens (primary N) is 1. The van der Waals surface area contributed by atoms with Crippen molar-refractivity contribution < 1.29 is 9.53 Å². The number of carbonyl (C=O) groups excluding carboxylic acids is 1. The molecule has 1 amide bonds. The van der Waals surface area contributed by atoms with Crippen LogP contribution in [0.25, 0.3) is 0 Å². The maximum atomic E-state index is 10.9. The van der Waals surface area contributed by atoms with Gasteiger partial charge in [0, 0.05) is 6.04 Å². The van der Waals surface area contributed by atoms with Crippen LogP contribution in [0.15, 0.2) is 24.3 Å². The van der Waals surface area contributed by atoms with Gasteiger partial charge in [0.25, 0.3) is 5.91 Å². The van der Waals surface area contributed by atoms with E-state index in [-0.39, 0.29) is 0 Å². The lowest BCUT2D eigenvalue weighted by molar-refractivity contribution is -0.123. The van der Waals surface area contributed by atoms with Crippen molar-refractivity contribution in [2.24, 2.45) is 5.73 Å². The fourth-order valence-corrected chi connectivity index (χ4v) is 1.78. The summed E-state index contributed by atoms with van der Waals surface area (Å²) in [6, 6.07) is 8.25. The number of primary amides is 1. The van der Waals surface area contributed by atoms with E-state index in [4.69, 9.17) is 10.5 Å². The summed E-state index contributed by atoms with van der Waals surface area (Å²) >= 11 is 0. The Morgan fingerprint density at radius 3 is 2.47 bits per heavy atom. The molecule has 0 aliphatic rings. The number of nitrogens with one attached hydrogen (secondary N) is 1. The van der Waals surface area contributed by atoms with Gasteiger partial charge in [-0.1, -0.05) is 19.1 Å². The third kappa shape index (κ3) is 5.75. The lowest BCUT2D eigenvalue weighted by Gasteiger charge is -2.14. The molecule has 0 bridgehead atoms. The average molecular weight is 264 g/mol. The van der Waals surface area contributed by atoms with Crippen LogP contribution in [0.4, 0.5) is 0 Å². The zero-order chi connectivity index (χ0) is 14.3. The summed E-state index contributed by atoms with van der Waals surface area (Å²) in [7, 11) is 0. The third-order valence-electron chi connectivity index (χ3n) is 2.92. The second-order valence-electron chi connectivity index (χ2n) is 4.87. The van der Waals surface area contributed by atoms with Crippen LogP contribution in [0, 0.1) is 0 Å². The first-order chi connectivity index (χ1) is 9.02.